The monoisotopic (exact) mass is 310 g/mol. The summed E-state index contributed by atoms with van der Waals surface area (Å²) in [6.07, 6.45) is 9.07. The van der Waals surface area contributed by atoms with Crippen molar-refractivity contribution in [3.05, 3.63) is 37.0 Å². The van der Waals surface area contributed by atoms with E-state index in [1.54, 1.807) is 0 Å². The Kier molecular flexibility index (Phi) is 8.52. The minimum absolute atomic E-state index is 0.0548. The van der Waals surface area contributed by atoms with E-state index in [1.165, 1.54) is 6.08 Å². The summed E-state index contributed by atoms with van der Waals surface area (Å²) in [4.78, 5) is 11.2. The third kappa shape index (κ3) is 8.02. The van der Waals surface area contributed by atoms with E-state index in [0.717, 1.165) is 0 Å². The fraction of sp³-hybridized carbons (Fsp3) is 0.588. The Morgan fingerprint density at radius 1 is 1.24 bits per heavy atom. The first-order valence-electron chi connectivity index (χ1n) is 7.36. The van der Waals surface area contributed by atoms with Gasteiger partial charge in [0.05, 0.1) is 0 Å². The van der Waals surface area contributed by atoms with Gasteiger partial charge < -0.3 is 9.16 Å². The molecule has 0 saturated carbocycles. The first-order valence-corrected chi connectivity index (χ1v) is 10.3. The second-order valence-electron chi connectivity index (χ2n) is 6.58. The van der Waals surface area contributed by atoms with Gasteiger partial charge in [0.15, 0.2) is 8.32 Å². The van der Waals surface area contributed by atoms with Crippen LogP contribution in [0.25, 0.3) is 0 Å². The van der Waals surface area contributed by atoms with E-state index >= 15 is 0 Å². The number of rotatable bonds is 8. The van der Waals surface area contributed by atoms with Crippen LogP contribution >= 0.6 is 0 Å². The van der Waals surface area contributed by atoms with Gasteiger partial charge >= 0.3 is 5.97 Å². The fourth-order valence-corrected chi connectivity index (χ4v) is 2.34. The van der Waals surface area contributed by atoms with Gasteiger partial charge in [-0.25, -0.2) is 4.79 Å². The Morgan fingerprint density at radius 2 is 1.86 bits per heavy atom. The summed E-state index contributed by atoms with van der Waals surface area (Å²) >= 11 is 0. The summed E-state index contributed by atoms with van der Waals surface area (Å²) in [7, 11) is -1.79. The first kappa shape index (κ1) is 19.9. The zero-order valence-electron chi connectivity index (χ0n) is 14.3. The fourth-order valence-electron chi connectivity index (χ4n) is 1.27. The van der Waals surface area contributed by atoms with Crippen LogP contribution < -0.4 is 0 Å². The molecule has 120 valence electrons. The normalized spacial score (nSPS) is 14.6. The summed E-state index contributed by atoms with van der Waals surface area (Å²) in [5.74, 6) is -0.342. The Hall–Kier alpha value is -1.13. The van der Waals surface area contributed by atoms with E-state index in [1.807, 2.05) is 31.2 Å². The molecule has 3 nitrogen and oxygen atoms in total. The first-order chi connectivity index (χ1) is 9.64. The molecule has 0 saturated heterocycles. The average molecular weight is 311 g/mol. The van der Waals surface area contributed by atoms with Crippen molar-refractivity contribution in [2.75, 3.05) is 13.2 Å². The van der Waals surface area contributed by atoms with Crippen LogP contribution in [0.1, 0.15) is 27.7 Å². The Morgan fingerprint density at radius 3 is 2.33 bits per heavy atom. The highest BCUT2D eigenvalue weighted by Crippen LogP contribution is 2.36. The molecule has 0 aromatic rings. The molecule has 4 heteroatoms. The molecule has 0 aromatic carbocycles. The highest BCUT2D eigenvalue weighted by molar-refractivity contribution is 6.74. The molecule has 0 amide bonds. The summed E-state index contributed by atoms with van der Waals surface area (Å²) in [5.41, 5.74) is 0. The SMILES string of the molecule is C=CC(=O)OC[C@@H](/C=C/C=C/C)CO[Si](C)(C)C(C)(C)C. The number of carbonyl (C=O) groups is 1. The van der Waals surface area contributed by atoms with Gasteiger partial charge in [-0.1, -0.05) is 51.7 Å². The molecule has 0 aliphatic rings. The van der Waals surface area contributed by atoms with Crippen LogP contribution in [0, 0.1) is 5.92 Å². The molecule has 0 bridgehead atoms. The van der Waals surface area contributed by atoms with Crippen molar-refractivity contribution in [1.82, 2.24) is 0 Å². The third-order valence-electron chi connectivity index (χ3n) is 3.76. The number of esters is 1. The molecule has 0 aliphatic heterocycles. The van der Waals surface area contributed by atoms with Crippen molar-refractivity contribution in [1.29, 1.82) is 0 Å². The van der Waals surface area contributed by atoms with Gasteiger partial charge in [-0.15, -0.1) is 0 Å². The minimum atomic E-state index is -1.79. The van der Waals surface area contributed by atoms with E-state index < -0.39 is 14.3 Å². The molecule has 0 fully saturated rings. The second kappa shape index (κ2) is 9.00. The lowest BCUT2D eigenvalue weighted by Gasteiger charge is -2.37. The van der Waals surface area contributed by atoms with E-state index in [2.05, 4.69) is 40.4 Å². The molecule has 0 unspecified atom stereocenters. The second-order valence-corrected chi connectivity index (χ2v) is 11.4. The van der Waals surface area contributed by atoms with Crippen LogP contribution in [-0.4, -0.2) is 27.5 Å². The topological polar surface area (TPSA) is 35.5 Å². The molecule has 0 radical (unpaired) electrons. The van der Waals surface area contributed by atoms with Gasteiger partial charge in [-0.2, -0.15) is 0 Å². The van der Waals surface area contributed by atoms with Crippen molar-refractivity contribution in [3.8, 4) is 0 Å². The molecule has 21 heavy (non-hydrogen) atoms. The number of carbonyl (C=O) groups excluding carboxylic acids is 1. The molecule has 0 N–H and O–H groups in total. The van der Waals surface area contributed by atoms with E-state index in [-0.39, 0.29) is 11.0 Å². The Bertz CT molecular complexity index is 389. The Labute approximate surface area is 130 Å². The van der Waals surface area contributed by atoms with Gasteiger partial charge in [-0.05, 0) is 25.1 Å². The van der Waals surface area contributed by atoms with Crippen LogP contribution in [0.3, 0.4) is 0 Å². The molecule has 1 atom stereocenters. The molecule has 0 aliphatic carbocycles. The number of allylic oxidation sites excluding steroid dienone is 3. The summed E-state index contributed by atoms with van der Waals surface area (Å²) in [5, 5.41) is 0.169. The standard InChI is InChI=1S/C17H30O3Si/c1-8-10-11-12-15(13-19-16(18)9-2)14-20-21(6,7)17(3,4)5/h8-12,15H,2,13-14H2,1,3-7H3/b10-8+,12-11+/t15-/m1/s1. The van der Waals surface area contributed by atoms with Gasteiger partial charge in [0.25, 0.3) is 0 Å². The van der Waals surface area contributed by atoms with Gasteiger partial charge in [0, 0.05) is 18.6 Å². The van der Waals surface area contributed by atoms with Gasteiger partial charge in [0.1, 0.15) is 6.61 Å². The van der Waals surface area contributed by atoms with Crippen LogP contribution in [0.5, 0.6) is 0 Å². The maximum Gasteiger partial charge on any atom is 0.330 e. The zero-order chi connectivity index (χ0) is 16.5. The maximum atomic E-state index is 11.2. The largest absolute Gasteiger partial charge is 0.462 e. The quantitative estimate of drug-likeness (QED) is 0.287. The summed E-state index contributed by atoms with van der Waals surface area (Å²) < 4.78 is 11.3. The van der Waals surface area contributed by atoms with Crippen LogP contribution in [0.4, 0.5) is 0 Å². The zero-order valence-corrected chi connectivity index (χ0v) is 15.3. The molecule has 0 rings (SSSR count). The number of hydrogen-bond donors (Lipinski definition) is 0. The van der Waals surface area contributed by atoms with Crippen molar-refractivity contribution < 1.29 is 14.0 Å². The highest BCUT2D eigenvalue weighted by Gasteiger charge is 2.37. The lowest BCUT2D eigenvalue weighted by atomic mass is 10.1. The molecular formula is C17H30O3Si. The summed E-state index contributed by atoms with van der Waals surface area (Å²) in [6, 6.07) is 0. The maximum absolute atomic E-state index is 11.2. The van der Waals surface area contributed by atoms with Crippen LogP contribution in [0.2, 0.25) is 18.1 Å². The minimum Gasteiger partial charge on any atom is -0.462 e. The molecule has 0 spiro atoms. The lowest BCUT2D eigenvalue weighted by Crippen LogP contribution is -2.42. The lowest BCUT2D eigenvalue weighted by molar-refractivity contribution is -0.138. The van der Waals surface area contributed by atoms with Crippen LogP contribution in [0.15, 0.2) is 37.0 Å². The number of hydrogen-bond acceptors (Lipinski definition) is 3. The Balaban J connectivity index is 4.67. The molecule has 0 heterocycles. The summed E-state index contributed by atoms with van der Waals surface area (Å²) in [6.45, 7) is 17.3. The van der Waals surface area contributed by atoms with Gasteiger partial charge in [-0.3, -0.25) is 0 Å². The van der Waals surface area contributed by atoms with Crippen molar-refractivity contribution in [3.63, 3.8) is 0 Å². The average Bonchev–Trinajstić information content (AvgIpc) is 2.39. The molecule has 0 aromatic heterocycles. The van der Waals surface area contributed by atoms with Crippen molar-refractivity contribution in [2.24, 2.45) is 5.92 Å². The van der Waals surface area contributed by atoms with E-state index in [0.29, 0.717) is 13.2 Å². The van der Waals surface area contributed by atoms with E-state index in [4.69, 9.17) is 9.16 Å². The van der Waals surface area contributed by atoms with Crippen molar-refractivity contribution >= 4 is 14.3 Å². The molecular weight excluding hydrogens is 280 g/mol. The number of ether oxygens (including phenoxy) is 1. The predicted octanol–water partition coefficient (Wildman–Crippen LogP) is 4.49. The smallest absolute Gasteiger partial charge is 0.330 e. The predicted molar refractivity (Wildman–Crippen MR) is 91.7 cm³/mol. The van der Waals surface area contributed by atoms with Gasteiger partial charge in [0.2, 0.25) is 0 Å². The van der Waals surface area contributed by atoms with Crippen LogP contribution in [-0.2, 0) is 14.0 Å². The van der Waals surface area contributed by atoms with Crippen molar-refractivity contribution in [2.45, 2.75) is 45.8 Å². The highest BCUT2D eigenvalue weighted by atomic mass is 28.4. The third-order valence-corrected chi connectivity index (χ3v) is 8.26. The van der Waals surface area contributed by atoms with E-state index in [9.17, 15) is 4.79 Å².